The van der Waals surface area contributed by atoms with E-state index in [0.717, 1.165) is 37.5 Å². The Morgan fingerprint density at radius 2 is 1.97 bits per heavy atom. The van der Waals surface area contributed by atoms with Gasteiger partial charge < -0.3 is 10.1 Å². The van der Waals surface area contributed by atoms with Crippen molar-refractivity contribution in [3.63, 3.8) is 0 Å². The van der Waals surface area contributed by atoms with Gasteiger partial charge in [-0.25, -0.2) is 9.37 Å². The van der Waals surface area contributed by atoms with E-state index in [0.29, 0.717) is 28.8 Å². The van der Waals surface area contributed by atoms with Crippen molar-refractivity contribution in [1.29, 1.82) is 0 Å². The van der Waals surface area contributed by atoms with E-state index in [1.165, 1.54) is 11.6 Å². The van der Waals surface area contributed by atoms with Crippen molar-refractivity contribution in [1.82, 2.24) is 15.3 Å². The average Bonchev–Trinajstić information content (AvgIpc) is 2.82. The molecule has 1 aromatic carbocycles. The Labute approximate surface area is 182 Å². The smallest absolute Gasteiger partial charge is 0.253 e. The lowest BCUT2D eigenvalue weighted by atomic mass is 9.75. The maximum Gasteiger partial charge on any atom is 0.253 e. The van der Waals surface area contributed by atoms with Crippen molar-refractivity contribution in [2.75, 3.05) is 7.11 Å². The molecule has 1 fully saturated rings. The summed E-state index contributed by atoms with van der Waals surface area (Å²) in [5.41, 5.74) is 2.18. The summed E-state index contributed by atoms with van der Waals surface area (Å²) in [6.07, 6.45) is 8.25. The lowest BCUT2D eigenvalue weighted by molar-refractivity contribution is 0.0909. The van der Waals surface area contributed by atoms with E-state index >= 15 is 0 Å². The van der Waals surface area contributed by atoms with Gasteiger partial charge in [0.15, 0.2) is 0 Å². The van der Waals surface area contributed by atoms with E-state index in [4.69, 9.17) is 4.74 Å². The Morgan fingerprint density at radius 1 is 1.16 bits per heavy atom. The lowest BCUT2D eigenvalue weighted by Gasteiger charge is -2.34. The number of fused-ring (bicyclic) bond motifs is 1. The first-order chi connectivity index (χ1) is 15.1. The molecule has 5 nitrogen and oxygen atoms in total. The summed E-state index contributed by atoms with van der Waals surface area (Å²) in [5.74, 6) is 0.948. The third kappa shape index (κ3) is 4.53. The quantitative estimate of drug-likeness (QED) is 0.590. The number of aromatic nitrogens is 2. The van der Waals surface area contributed by atoms with Gasteiger partial charge in [0.1, 0.15) is 11.3 Å². The summed E-state index contributed by atoms with van der Waals surface area (Å²) >= 11 is 0. The van der Waals surface area contributed by atoms with E-state index in [1.54, 1.807) is 37.7 Å². The van der Waals surface area contributed by atoms with Crippen LogP contribution in [0.1, 0.15) is 60.9 Å². The molecule has 0 bridgehead atoms. The Balaban J connectivity index is 1.41. The second kappa shape index (κ2) is 9.41. The standard InChI is InChI=1S/C25H28FN3O2/c1-3-22(29-25(30)18-11-12-23(31-2)28-15-18)17-9-7-16(8-10-17)19-13-14-27-24-20(19)5-4-6-21(24)26/h4-6,11-17,22H,3,7-10H2,1-2H3,(H,29,30)/t16-,17+,22-/m1/s1. The molecule has 0 aliphatic heterocycles. The van der Waals surface area contributed by atoms with E-state index in [9.17, 15) is 9.18 Å². The molecule has 2 heterocycles. The summed E-state index contributed by atoms with van der Waals surface area (Å²) in [7, 11) is 1.55. The molecule has 0 unspecified atom stereocenters. The number of halogens is 1. The van der Waals surface area contributed by atoms with Gasteiger partial charge in [0.2, 0.25) is 5.88 Å². The number of rotatable bonds is 6. The highest BCUT2D eigenvalue weighted by Crippen LogP contribution is 2.40. The van der Waals surface area contributed by atoms with Crippen LogP contribution >= 0.6 is 0 Å². The van der Waals surface area contributed by atoms with Crippen LogP contribution in [0.5, 0.6) is 5.88 Å². The normalized spacial score (nSPS) is 19.7. The monoisotopic (exact) mass is 421 g/mol. The minimum atomic E-state index is -0.269. The SMILES string of the molecule is CC[C@@H](NC(=O)c1ccc(OC)nc1)[C@H]1CC[C@@H](c2ccnc3c(F)cccc32)CC1. The zero-order chi connectivity index (χ0) is 21.8. The van der Waals surface area contributed by atoms with Crippen molar-refractivity contribution in [3.8, 4) is 5.88 Å². The molecular formula is C25H28FN3O2. The van der Waals surface area contributed by atoms with Gasteiger partial charge >= 0.3 is 0 Å². The van der Waals surface area contributed by atoms with Crippen LogP contribution in [0, 0.1) is 11.7 Å². The Kier molecular flexibility index (Phi) is 6.44. The van der Waals surface area contributed by atoms with Gasteiger partial charge in [-0.05, 0) is 67.7 Å². The van der Waals surface area contributed by atoms with E-state index in [2.05, 4.69) is 22.2 Å². The molecule has 1 atom stereocenters. The Hall–Kier alpha value is -3.02. The van der Waals surface area contributed by atoms with Crippen molar-refractivity contribution >= 4 is 16.8 Å². The first-order valence-corrected chi connectivity index (χ1v) is 10.9. The minimum Gasteiger partial charge on any atom is -0.481 e. The highest BCUT2D eigenvalue weighted by Gasteiger charge is 2.29. The van der Waals surface area contributed by atoms with E-state index < -0.39 is 0 Å². The number of carbonyl (C=O) groups is 1. The fourth-order valence-electron chi connectivity index (χ4n) is 4.79. The molecule has 4 rings (SSSR count). The molecule has 0 saturated heterocycles. The van der Waals surface area contributed by atoms with Gasteiger partial charge in [-0.2, -0.15) is 0 Å². The van der Waals surface area contributed by atoms with Crippen LogP contribution in [0.15, 0.2) is 48.8 Å². The first kappa shape index (κ1) is 21.2. The number of nitrogens with one attached hydrogen (secondary N) is 1. The van der Waals surface area contributed by atoms with Gasteiger partial charge in [-0.1, -0.05) is 19.1 Å². The van der Waals surface area contributed by atoms with E-state index in [1.807, 2.05) is 12.1 Å². The van der Waals surface area contributed by atoms with Crippen LogP contribution in [-0.4, -0.2) is 29.0 Å². The number of benzene rings is 1. The number of ether oxygens (including phenoxy) is 1. The average molecular weight is 422 g/mol. The molecule has 1 saturated carbocycles. The highest BCUT2D eigenvalue weighted by molar-refractivity contribution is 5.94. The number of pyridine rings is 2. The van der Waals surface area contributed by atoms with Crippen LogP contribution in [0.4, 0.5) is 4.39 Å². The van der Waals surface area contributed by atoms with Crippen LogP contribution in [-0.2, 0) is 0 Å². The first-order valence-electron chi connectivity index (χ1n) is 10.9. The summed E-state index contributed by atoms with van der Waals surface area (Å²) in [5, 5.41) is 4.12. The van der Waals surface area contributed by atoms with Crippen LogP contribution < -0.4 is 10.1 Å². The molecule has 1 aliphatic carbocycles. The lowest BCUT2D eigenvalue weighted by Crippen LogP contribution is -2.41. The molecule has 0 radical (unpaired) electrons. The van der Waals surface area contributed by atoms with Crippen LogP contribution in [0.3, 0.4) is 0 Å². The minimum absolute atomic E-state index is 0.0975. The maximum absolute atomic E-state index is 14.1. The number of carbonyl (C=O) groups excluding carboxylic acids is 1. The molecule has 2 aromatic heterocycles. The number of methoxy groups -OCH3 is 1. The zero-order valence-electron chi connectivity index (χ0n) is 18.0. The Bertz CT molecular complexity index is 1050. The molecular weight excluding hydrogens is 393 g/mol. The van der Waals surface area contributed by atoms with Gasteiger partial charge in [0.25, 0.3) is 5.91 Å². The third-order valence-corrected chi connectivity index (χ3v) is 6.50. The zero-order valence-corrected chi connectivity index (χ0v) is 18.0. The van der Waals surface area contributed by atoms with Gasteiger partial charge in [-0.3, -0.25) is 9.78 Å². The number of para-hydroxylation sites is 1. The topological polar surface area (TPSA) is 64.1 Å². The number of nitrogens with zero attached hydrogens (tertiary/aromatic N) is 2. The molecule has 1 N–H and O–H groups in total. The third-order valence-electron chi connectivity index (χ3n) is 6.50. The molecule has 1 aliphatic rings. The summed E-state index contributed by atoms with van der Waals surface area (Å²) in [6, 6.07) is 10.8. The van der Waals surface area contributed by atoms with Crippen molar-refractivity contribution in [3.05, 3.63) is 65.7 Å². The number of amides is 1. The second-order valence-electron chi connectivity index (χ2n) is 8.23. The predicted octanol–water partition coefficient (Wildman–Crippen LogP) is 5.26. The molecule has 0 spiro atoms. The molecule has 3 aromatic rings. The number of hydrogen-bond donors (Lipinski definition) is 1. The van der Waals surface area contributed by atoms with Crippen molar-refractivity contribution in [2.24, 2.45) is 5.92 Å². The fraction of sp³-hybridized carbons (Fsp3) is 0.400. The molecule has 1 amide bonds. The molecule has 162 valence electrons. The largest absolute Gasteiger partial charge is 0.481 e. The highest BCUT2D eigenvalue weighted by atomic mass is 19.1. The van der Waals surface area contributed by atoms with Crippen LogP contribution in [0.25, 0.3) is 10.9 Å². The summed E-state index contributed by atoms with van der Waals surface area (Å²) in [6.45, 7) is 2.11. The second-order valence-corrected chi connectivity index (χ2v) is 8.23. The van der Waals surface area contributed by atoms with E-state index in [-0.39, 0.29) is 17.8 Å². The van der Waals surface area contributed by atoms with Gasteiger partial charge in [0.05, 0.1) is 12.7 Å². The molecule has 6 heteroatoms. The van der Waals surface area contributed by atoms with Crippen LogP contribution in [0.2, 0.25) is 0 Å². The van der Waals surface area contributed by atoms with Crippen molar-refractivity contribution < 1.29 is 13.9 Å². The van der Waals surface area contributed by atoms with Gasteiger partial charge in [-0.15, -0.1) is 0 Å². The van der Waals surface area contributed by atoms with Gasteiger partial charge in [0, 0.05) is 29.9 Å². The fourth-order valence-corrected chi connectivity index (χ4v) is 4.79. The Morgan fingerprint density at radius 3 is 2.65 bits per heavy atom. The maximum atomic E-state index is 14.1. The molecule has 31 heavy (non-hydrogen) atoms. The van der Waals surface area contributed by atoms with Crippen molar-refractivity contribution in [2.45, 2.75) is 51.0 Å². The predicted molar refractivity (Wildman–Crippen MR) is 119 cm³/mol. The summed E-state index contributed by atoms with van der Waals surface area (Å²) < 4.78 is 19.2. The number of hydrogen-bond acceptors (Lipinski definition) is 4. The summed E-state index contributed by atoms with van der Waals surface area (Å²) in [4.78, 5) is 21.0.